The van der Waals surface area contributed by atoms with Gasteiger partial charge in [0.2, 0.25) is 5.91 Å². The highest BCUT2D eigenvalue weighted by Crippen LogP contribution is 2.48. The van der Waals surface area contributed by atoms with Crippen molar-refractivity contribution in [1.29, 1.82) is 0 Å². The van der Waals surface area contributed by atoms with Crippen LogP contribution >= 0.6 is 0 Å². The molecule has 2 N–H and O–H groups in total. The number of ketones is 1. The molecule has 0 aromatic carbocycles. The standard InChI is InChI=1S/C18H25NO4/c1-3-10-7-13-12(5-6-15(13)20)14(8-10)16(21)19-18(17(22)23)9-11(18)4-2/h8,10-13H,3-7,9H2,1-2H3,(H,19,21)(H,22,23)/t10-,11-,12+,13+,18-/m0/s1. The molecule has 1 amide bonds. The number of carbonyl (C=O) groups excluding carboxylic acids is 2. The number of hydrogen-bond acceptors (Lipinski definition) is 3. The number of aliphatic carboxylic acids is 1. The topological polar surface area (TPSA) is 83.5 Å². The van der Waals surface area contributed by atoms with E-state index in [-0.39, 0.29) is 35.4 Å². The minimum absolute atomic E-state index is 0.0103. The van der Waals surface area contributed by atoms with Crippen LogP contribution in [-0.4, -0.2) is 28.3 Å². The third kappa shape index (κ3) is 2.60. The van der Waals surface area contributed by atoms with Crippen LogP contribution in [0.3, 0.4) is 0 Å². The number of hydrogen-bond donors (Lipinski definition) is 2. The van der Waals surface area contributed by atoms with Crippen molar-refractivity contribution in [2.75, 3.05) is 0 Å². The van der Waals surface area contributed by atoms with Crippen LogP contribution in [0, 0.1) is 23.7 Å². The number of rotatable bonds is 5. The Balaban J connectivity index is 1.82. The van der Waals surface area contributed by atoms with Gasteiger partial charge in [-0.15, -0.1) is 0 Å². The van der Waals surface area contributed by atoms with Crippen molar-refractivity contribution in [1.82, 2.24) is 5.32 Å². The van der Waals surface area contributed by atoms with E-state index in [4.69, 9.17) is 0 Å². The van der Waals surface area contributed by atoms with E-state index in [2.05, 4.69) is 12.2 Å². The van der Waals surface area contributed by atoms with Crippen LogP contribution in [0.4, 0.5) is 0 Å². The molecular weight excluding hydrogens is 294 g/mol. The predicted octanol–water partition coefficient (Wildman–Crippen LogP) is 2.31. The molecule has 2 saturated carbocycles. The number of fused-ring (bicyclic) bond motifs is 1. The third-order valence-corrected chi connectivity index (χ3v) is 6.08. The Kier molecular flexibility index (Phi) is 4.07. The van der Waals surface area contributed by atoms with Crippen LogP contribution in [-0.2, 0) is 14.4 Å². The van der Waals surface area contributed by atoms with Gasteiger partial charge in [0.15, 0.2) is 0 Å². The Hall–Kier alpha value is -1.65. The van der Waals surface area contributed by atoms with Crippen LogP contribution in [0.2, 0.25) is 0 Å². The molecule has 0 aliphatic heterocycles. The number of Topliss-reactive ketones (excluding diaryl/α,β-unsaturated/α-hetero) is 1. The maximum atomic E-state index is 12.8. The molecule has 23 heavy (non-hydrogen) atoms. The fraction of sp³-hybridized carbons (Fsp3) is 0.722. The van der Waals surface area contributed by atoms with E-state index in [1.54, 1.807) is 0 Å². The Bertz CT molecular complexity index is 582. The molecule has 0 heterocycles. The number of carbonyl (C=O) groups is 3. The second-order valence-corrected chi connectivity index (χ2v) is 7.28. The zero-order chi connectivity index (χ0) is 16.8. The number of allylic oxidation sites excluding steroid dienone is 1. The second-order valence-electron chi connectivity index (χ2n) is 7.28. The van der Waals surface area contributed by atoms with Gasteiger partial charge in [-0.1, -0.05) is 26.3 Å². The van der Waals surface area contributed by atoms with Gasteiger partial charge in [0.05, 0.1) is 0 Å². The molecule has 0 spiro atoms. The quantitative estimate of drug-likeness (QED) is 0.814. The summed E-state index contributed by atoms with van der Waals surface area (Å²) < 4.78 is 0. The largest absolute Gasteiger partial charge is 0.479 e. The molecule has 5 heteroatoms. The maximum absolute atomic E-state index is 12.8. The highest BCUT2D eigenvalue weighted by atomic mass is 16.4. The first-order valence-electron chi connectivity index (χ1n) is 8.73. The number of carboxylic acid groups (broad SMARTS) is 1. The lowest BCUT2D eigenvalue weighted by molar-refractivity contribution is -0.143. The van der Waals surface area contributed by atoms with Crippen LogP contribution < -0.4 is 5.32 Å². The summed E-state index contributed by atoms with van der Waals surface area (Å²) in [5.74, 6) is -0.774. The van der Waals surface area contributed by atoms with Crippen LogP contribution in [0.1, 0.15) is 52.4 Å². The van der Waals surface area contributed by atoms with Gasteiger partial charge in [-0.3, -0.25) is 9.59 Å². The fourth-order valence-electron chi connectivity index (χ4n) is 4.44. The molecule has 3 aliphatic carbocycles. The van der Waals surface area contributed by atoms with Crippen LogP contribution in [0.25, 0.3) is 0 Å². The Morgan fingerprint density at radius 3 is 2.61 bits per heavy atom. The summed E-state index contributed by atoms with van der Waals surface area (Å²) in [6.45, 7) is 4.00. The first-order valence-corrected chi connectivity index (χ1v) is 8.73. The van der Waals surface area contributed by atoms with Gasteiger partial charge in [0.1, 0.15) is 11.3 Å². The molecule has 0 aromatic rings. The third-order valence-electron chi connectivity index (χ3n) is 6.08. The van der Waals surface area contributed by atoms with Crippen LogP contribution in [0.15, 0.2) is 11.6 Å². The van der Waals surface area contributed by atoms with Crippen molar-refractivity contribution in [3.8, 4) is 0 Å². The van der Waals surface area contributed by atoms with Gasteiger partial charge in [0, 0.05) is 17.9 Å². The van der Waals surface area contributed by atoms with Crippen LogP contribution in [0.5, 0.6) is 0 Å². The van der Waals surface area contributed by atoms with Gasteiger partial charge in [-0.25, -0.2) is 4.79 Å². The SMILES string of the molecule is CC[C@@H]1C=C(C(=O)N[C@@]2(C(=O)O)C[C@@H]2CC)[C@@H]2CCC(=O)[C@@H]2C1. The predicted molar refractivity (Wildman–Crippen MR) is 84.6 cm³/mol. The van der Waals surface area contributed by atoms with Crippen molar-refractivity contribution in [3.05, 3.63) is 11.6 Å². The summed E-state index contributed by atoms with van der Waals surface area (Å²) in [6, 6.07) is 0. The molecule has 126 valence electrons. The van der Waals surface area contributed by atoms with E-state index in [1.807, 2.05) is 13.0 Å². The zero-order valence-electron chi connectivity index (χ0n) is 13.8. The molecule has 5 nitrogen and oxygen atoms in total. The molecule has 3 rings (SSSR count). The van der Waals surface area contributed by atoms with E-state index in [9.17, 15) is 19.5 Å². The van der Waals surface area contributed by atoms with Crippen molar-refractivity contribution in [3.63, 3.8) is 0 Å². The van der Waals surface area contributed by atoms with Crippen molar-refractivity contribution in [2.45, 2.75) is 57.9 Å². The number of carboxylic acids is 1. The van der Waals surface area contributed by atoms with E-state index >= 15 is 0 Å². The minimum atomic E-state index is -1.09. The lowest BCUT2D eigenvalue weighted by Crippen LogP contribution is -2.47. The monoisotopic (exact) mass is 319 g/mol. The maximum Gasteiger partial charge on any atom is 0.329 e. The Morgan fingerprint density at radius 1 is 1.30 bits per heavy atom. The summed E-state index contributed by atoms with van der Waals surface area (Å²) >= 11 is 0. The zero-order valence-corrected chi connectivity index (χ0v) is 13.8. The molecule has 5 atom stereocenters. The summed E-state index contributed by atoms with van der Waals surface area (Å²) in [7, 11) is 0. The normalized spacial score (nSPS) is 38.7. The van der Waals surface area contributed by atoms with E-state index < -0.39 is 11.5 Å². The fourth-order valence-corrected chi connectivity index (χ4v) is 4.44. The van der Waals surface area contributed by atoms with Gasteiger partial charge in [0.25, 0.3) is 0 Å². The lowest BCUT2D eigenvalue weighted by atomic mass is 9.74. The first kappa shape index (κ1) is 16.2. The summed E-state index contributed by atoms with van der Waals surface area (Å²) in [5.41, 5.74) is -0.439. The lowest BCUT2D eigenvalue weighted by Gasteiger charge is -2.30. The first-order chi connectivity index (χ1) is 10.9. The Morgan fingerprint density at radius 2 is 2.04 bits per heavy atom. The van der Waals surface area contributed by atoms with Gasteiger partial charge < -0.3 is 10.4 Å². The molecular formula is C18H25NO4. The summed E-state index contributed by atoms with van der Waals surface area (Å²) in [5, 5.41) is 12.3. The number of nitrogens with one attached hydrogen (secondary N) is 1. The molecule has 0 saturated heterocycles. The smallest absolute Gasteiger partial charge is 0.329 e. The van der Waals surface area contributed by atoms with Crippen molar-refractivity contribution < 1.29 is 19.5 Å². The summed E-state index contributed by atoms with van der Waals surface area (Å²) in [4.78, 5) is 36.4. The second kappa shape index (κ2) is 5.77. The van der Waals surface area contributed by atoms with Gasteiger partial charge in [-0.05, 0) is 43.4 Å². The molecule has 0 unspecified atom stereocenters. The minimum Gasteiger partial charge on any atom is -0.479 e. The number of amides is 1. The average molecular weight is 319 g/mol. The van der Waals surface area contributed by atoms with Crippen molar-refractivity contribution in [2.24, 2.45) is 23.7 Å². The summed E-state index contributed by atoms with van der Waals surface area (Å²) in [6.07, 6.45) is 6.23. The highest BCUT2D eigenvalue weighted by molar-refractivity contribution is 6.00. The van der Waals surface area contributed by atoms with E-state index in [0.29, 0.717) is 18.4 Å². The molecule has 2 fully saturated rings. The highest BCUT2D eigenvalue weighted by Gasteiger charge is 2.61. The molecule has 0 aromatic heterocycles. The van der Waals surface area contributed by atoms with Crippen molar-refractivity contribution >= 4 is 17.7 Å². The van der Waals surface area contributed by atoms with E-state index in [0.717, 1.165) is 25.7 Å². The molecule has 0 bridgehead atoms. The molecule has 3 aliphatic rings. The van der Waals surface area contributed by atoms with E-state index in [1.165, 1.54) is 0 Å². The molecule has 0 radical (unpaired) electrons. The van der Waals surface area contributed by atoms with Gasteiger partial charge in [-0.2, -0.15) is 0 Å². The average Bonchev–Trinajstić information content (AvgIpc) is 3.14. The Labute approximate surface area is 136 Å². The van der Waals surface area contributed by atoms with Gasteiger partial charge >= 0.3 is 5.97 Å².